The quantitative estimate of drug-likeness (QED) is 0.0475. The summed E-state index contributed by atoms with van der Waals surface area (Å²) in [6.45, 7) is 11.2. The molecule has 0 aliphatic carbocycles. The lowest BCUT2D eigenvalue weighted by atomic mass is 10.1. The highest BCUT2D eigenvalue weighted by Gasteiger charge is 2.22. The summed E-state index contributed by atoms with van der Waals surface area (Å²) in [4.78, 5) is 62.4. The number of carbonyl (C=O) groups is 4. The molecule has 1 aliphatic heterocycles. The standard InChI is InChI=1S/C38H47N11O6/c1-6-49-30(17-25(2)45-49)37(53)44-38-43-29-18-26(23-50)19-32(55-16-10-9-12-46-15-11-42-22-33(46)51)35(29)48(38)14-8-7-13-47(24-40-3)34-28(41-4)20-27(36(39)52)21-31(34)54-5/h7-10,17-21,23,40,42H,4,6,11-16,22,24H2,1-3,5H3,(H2,39,52)(H,43,44,53)/b8-7+,10-9-. The fourth-order valence-corrected chi connectivity index (χ4v) is 6.22. The number of aryl methyl sites for hydroxylation is 2. The average molecular weight is 754 g/mol. The summed E-state index contributed by atoms with van der Waals surface area (Å²) < 4.78 is 15.3. The van der Waals surface area contributed by atoms with E-state index in [4.69, 9.17) is 20.2 Å². The van der Waals surface area contributed by atoms with E-state index in [9.17, 15) is 19.2 Å². The third kappa shape index (κ3) is 9.43. The number of allylic oxidation sites excluding steroid dienone is 1. The molecule has 0 atom stereocenters. The summed E-state index contributed by atoms with van der Waals surface area (Å²) in [6.07, 6.45) is 8.24. The number of carbonyl (C=O) groups excluding carboxylic acids is 4. The number of benzene rings is 2. The van der Waals surface area contributed by atoms with Crippen LogP contribution in [-0.4, -0.2) is 115 Å². The Balaban J connectivity index is 1.47. The highest BCUT2D eigenvalue weighted by molar-refractivity contribution is 6.03. The molecular formula is C38H47N11O6. The number of aromatic nitrogens is 4. The molecule has 55 heavy (non-hydrogen) atoms. The van der Waals surface area contributed by atoms with Gasteiger partial charge in [-0.2, -0.15) is 5.10 Å². The molecule has 0 unspecified atom stereocenters. The second-order valence-corrected chi connectivity index (χ2v) is 12.6. The van der Waals surface area contributed by atoms with Crippen LogP contribution in [0, 0.1) is 6.92 Å². The lowest BCUT2D eigenvalue weighted by Gasteiger charge is -2.26. The summed E-state index contributed by atoms with van der Waals surface area (Å²) in [7, 11) is 3.30. The van der Waals surface area contributed by atoms with Gasteiger partial charge in [0.05, 0.1) is 37.2 Å². The van der Waals surface area contributed by atoms with Crippen molar-refractivity contribution in [2.75, 3.05) is 70.4 Å². The van der Waals surface area contributed by atoms with Crippen molar-refractivity contribution in [1.82, 2.24) is 34.9 Å². The molecule has 3 heterocycles. The summed E-state index contributed by atoms with van der Waals surface area (Å²) in [5.41, 5.74) is 9.24. The number of nitrogens with one attached hydrogen (secondary N) is 3. The van der Waals surface area contributed by atoms with Gasteiger partial charge in [-0.15, -0.1) is 0 Å². The number of ether oxygens (including phenoxy) is 2. The van der Waals surface area contributed by atoms with Crippen LogP contribution in [0.15, 0.2) is 59.6 Å². The number of hydrogen-bond acceptors (Lipinski definition) is 12. The largest absolute Gasteiger partial charge is 0.494 e. The Morgan fingerprint density at radius 1 is 1.13 bits per heavy atom. The summed E-state index contributed by atoms with van der Waals surface area (Å²) in [5, 5.41) is 13.6. The van der Waals surface area contributed by atoms with Crippen molar-refractivity contribution in [3.63, 3.8) is 0 Å². The molecule has 0 spiro atoms. The predicted molar refractivity (Wildman–Crippen MR) is 211 cm³/mol. The molecular weight excluding hydrogens is 706 g/mol. The van der Waals surface area contributed by atoms with Crippen LogP contribution < -0.4 is 36.1 Å². The van der Waals surface area contributed by atoms with Gasteiger partial charge >= 0.3 is 0 Å². The second kappa shape index (κ2) is 18.6. The van der Waals surface area contributed by atoms with Crippen molar-refractivity contribution in [3.05, 3.63) is 77.2 Å². The van der Waals surface area contributed by atoms with Crippen molar-refractivity contribution >= 4 is 59.1 Å². The molecule has 1 fully saturated rings. The third-order valence-electron chi connectivity index (χ3n) is 8.82. The first-order valence-corrected chi connectivity index (χ1v) is 17.8. The molecule has 2 aromatic carbocycles. The number of rotatable bonds is 19. The molecule has 4 aromatic rings. The van der Waals surface area contributed by atoms with Gasteiger partial charge in [-0.05, 0) is 64.0 Å². The topological polar surface area (TPSA) is 203 Å². The number of amides is 3. The molecule has 17 nitrogen and oxygen atoms in total. The van der Waals surface area contributed by atoms with E-state index in [1.807, 2.05) is 43.1 Å². The fraction of sp³-hybridized carbons (Fsp3) is 0.342. The maximum atomic E-state index is 13.6. The van der Waals surface area contributed by atoms with Crippen molar-refractivity contribution in [2.24, 2.45) is 10.7 Å². The van der Waals surface area contributed by atoms with Crippen LogP contribution in [0.2, 0.25) is 0 Å². The number of methoxy groups -OCH3 is 1. The van der Waals surface area contributed by atoms with Gasteiger partial charge in [0.2, 0.25) is 17.8 Å². The van der Waals surface area contributed by atoms with Gasteiger partial charge in [-0.1, -0.05) is 18.2 Å². The van der Waals surface area contributed by atoms with Gasteiger partial charge in [0.1, 0.15) is 41.3 Å². The van der Waals surface area contributed by atoms with Gasteiger partial charge < -0.3 is 40.2 Å². The van der Waals surface area contributed by atoms with Crippen LogP contribution in [0.25, 0.3) is 11.0 Å². The number of nitrogens with two attached hydrogens (primary N) is 1. The Morgan fingerprint density at radius 2 is 1.93 bits per heavy atom. The van der Waals surface area contributed by atoms with E-state index in [1.54, 1.807) is 51.5 Å². The maximum absolute atomic E-state index is 13.6. The molecule has 0 saturated carbocycles. The van der Waals surface area contributed by atoms with Crippen LogP contribution in [0.5, 0.6) is 11.5 Å². The van der Waals surface area contributed by atoms with E-state index in [-0.39, 0.29) is 30.6 Å². The van der Waals surface area contributed by atoms with E-state index in [1.165, 1.54) is 7.11 Å². The molecule has 3 amide bonds. The summed E-state index contributed by atoms with van der Waals surface area (Å²) >= 11 is 0. The molecule has 2 aromatic heterocycles. The molecule has 1 aliphatic rings. The van der Waals surface area contributed by atoms with Crippen LogP contribution in [0.1, 0.15) is 43.8 Å². The van der Waals surface area contributed by atoms with Crippen LogP contribution in [0.3, 0.4) is 0 Å². The highest BCUT2D eigenvalue weighted by atomic mass is 16.5. The van der Waals surface area contributed by atoms with E-state index in [0.717, 1.165) is 6.54 Å². The molecule has 1 saturated heterocycles. The predicted octanol–water partition coefficient (Wildman–Crippen LogP) is 2.67. The Labute approximate surface area is 318 Å². The Hall–Kier alpha value is -6.33. The molecule has 5 rings (SSSR count). The van der Waals surface area contributed by atoms with E-state index in [2.05, 4.69) is 32.8 Å². The van der Waals surface area contributed by atoms with Crippen molar-refractivity contribution in [2.45, 2.75) is 26.9 Å². The number of piperazine rings is 1. The zero-order chi connectivity index (χ0) is 39.5. The third-order valence-corrected chi connectivity index (χ3v) is 8.82. The first-order valence-electron chi connectivity index (χ1n) is 17.8. The number of hydrogen-bond donors (Lipinski definition) is 4. The highest BCUT2D eigenvalue weighted by Crippen LogP contribution is 2.39. The number of primary amides is 1. The van der Waals surface area contributed by atoms with Gasteiger partial charge in [0.15, 0.2) is 0 Å². The molecule has 17 heteroatoms. The van der Waals surface area contributed by atoms with Crippen LogP contribution >= 0.6 is 0 Å². The van der Waals surface area contributed by atoms with E-state index in [0.29, 0.717) is 96.5 Å². The molecule has 5 N–H and O–H groups in total. The maximum Gasteiger partial charge on any atom is 0.276 e. The number of aliphatic imine (C=N–C) groups is 1. The van der Waals surface area contributed by atoms with Crippen LogP contribution in [-0.2, 0) is 17.9 Å². The number of imidazole rings is 1. The van der Waals surface area contributed by atoms with Gasteiger partial charge in [-0.3, -0.25) is 34.2 Å². The Morgan fingerprint density at radius 3 is 2.62 bits per heavy atom. The van der Waals surface area contributed by atoms with E-state index >= 15 is 0 Å². The van der Waals surface area contributed by atoms with Gasteiger partial charge in [0, 0.05) is 50.4 Å². The number of anilines is 2. The molecule has 0 bridgehead atoms. The number of nitrogens with zero attached hydrogens (tertiary/aromatic N) is 7. The normalized spacial score (nSPS) is 13.2. The minimum absolute atomic E-state index is 0.0351. The van der Waals surface area contributed by atoms with Gasteiger partial charge in [-0.25, -0.2) is 4.98 Å². The lowest BCUT2D eigenvalue weighted by molar-refractivity contribution is -0.131. The Bertz CT molecular complexity index is 2120. The van der Waals surface area contributed by atoms with Crippen molar-refractivity contribution in [3.8, 4) is 11.5 Å². The SMILES string of the molecule is C=Nc1cc(C(N)=O)cc(OC)c1N(C/C=C/Cn1c(NC(=O)c2cc(C)nn2CC)nc2cc(C=O)cc(OC/C=C\CN3CCNCC3=O)c21)CNC. The monoisotopic (exact) mass is 753 g/mol. The minimum Gasteiger partial charge on any atom is -0.494 e. The zero-order valence-electron chi connectivity index (χ0n) is 31.5. The first-order chi connectivity index (χ1) is 26.6. The zero-order valence-corrected chi connectivity index (χ0v) is 31.5. The number of fused-ring (bicyclic) bond motifs is 1. The summed E-state index contributed by atoms with van der Waals surface area (Å²) in [5.74, 6) is 0.0363. The fourth-order valence-electron chi connectivity index (χ4n) is 6.22. The van der Waals surface area contributed by atoms with Crippen LogP contribution in [0.4, 0.5) is 17.3 Å². The molecule has 290 valence electrons. The average Bonchev–Trinajstić information content (AvgIpc) is 3.74. The summed E-state index contributed by atoms with van der Waals surface area (Å²) in [6, 6.07) is 8.10. The first kappa shape index (κ1) is 39.9. The van der Waals surface area contributed by atoms with Gasteiger partial charge in [0.25, 0.3) is 5.91 Å². The molecule has 0 radical (unpaired) electrons. The smallest absolute Gasteiger partial charge is 0.276 e. The lowest BCUT2D eigenvalue weighted by Crippen LogP contribution is -2.47. The van der Waals surface area contributed by atoms with Crippen molar-refractivity contribution < 1.29 is 28.7 Å². The second-order valence-electron chi connectivity index (χ2n) is 12.6. The number of aldehydes is 1. The Kier molecular flexibility index (Phi) is 13.5. The minimum atomic E-state index is -0.620. The van der Waals surface area contributed by atoms with Crippen molar-refractivity contribution in [1.29, 1.82) is 0 Å². The van der Waals surface area contributed by atoms with E-state index < -0.39 is 11.8 Å².